The molecule has 0 spiro atoms. The van der Waals surface area contributed by atoms with E-state index in [1.54, 1.807) is 7.11 Å². The van der Waals surface area contributed by atoms with Gasteiger partial charge < -0.3 is 14.4 Å². The van der Waals surface area contributed by atoms with Crippen LogP contribution in [0.4, 0.5) is 5.82 Å². The average Bonchev–Trinajstić information content (AvgIpc) is 3.11. The Kier molecular flexibility index (Phi) is 4.06. The van der Waals surface area contributed by atoms with E-state index in [1.807, 2.05) is 18.2 Å². The molecule has 2 fully saturated rings. The first-order chi connectivity index (χ1) is 11.3. The summed E-state index contributed by atoms with van der Waals surface area (Å²) in [6.45, 7) is 6.00. The lowest BCUT2D eigenvalue weighted by Gasteiger charge is -2.32. The van der Waals surface area contributed by atoms with E-state index in [-0.39, 0.29) is 0 Å². The number of fused-ring (bicyclic) bond motifs is 1. The average molecular weight is 313 g/mol. The van der Waals surface area contributed by atoms with E-state index in [4.69, 9.17) is 14.5 Å². The summed E-state index contributed by atoms with van der Waals surface area (Å²) in [6, 6.07) is 10.9. The number of ether oxygens (including phenoxy) is 2. The van der Waals surface area contributed by atoms with E-state index in [9.17, 15) is 0 Å². The van der Waals surface area contributed by atoms with E-state index < -0.39 is 0 Å². The lowest BCUT2D eigenvalue weighted by Crippen LogP contribution is -2.44. The third-order valence-electron chi connectivity index (χ3n) is 4.93. The number of hydrogen-bond acceptors (Lipinski definition) is 5. The fourth-order valence-corrected chi connectivity index (χ4v) is 3.59. The molecule has 2 saturated heterocycles. The van der Waals surface area contributed by atoms with Gasteiger partial charge in [-0.3, -0.25) is 4.90 Å². The van der Waals surface area contributed by atoms with Gasteiger partial charge in [-0.05, 0) is 36.8 Å². The normalized spacial score (nSPS) is 22.7. The van der Waals surface area contributed by atoms with Crippen LogP contribution in [0.5, 0.6) is 5.75 Å². The molecule has 1 unspecified atom stereocenters. The van der Waals surface area contributed by atoms with E-state index in [2.05, 4.69) is 21.9 Å². The van der Waals surface area contributed by atoms with Crippen molar-refractivity contribution in [3.63, 3.8) is 0 Å². The number of nitrogens with zero attached hydrogens (tertiary/aromatic N) is 3. The molecule has 2 aromatic rings. The van der Waals surface area contributed by atoms with Gasteiger partial charge in [-0.2, -0.15) is 0 Å². The minimum absolute atomic E-state index is 0.632. The summed E-state index contributed by atoms with van der Waals surface area (Å²) in [5.74, 6) is 1.96. The van der Waals surface area contributed by atoms with E-state index in [0.717, 1.165) is 61.9 Å². The summed E-state index contributed by atoms with van der Waals surface area (Å²) in [6.07, 6.45) is 1.21. The molecular weight excluding hydrogens is 290 g/mol. The second-order valence-corrected chi connectivity index (χ2v) is 6.26. The quantitative estimate of drug-likeness (QED) is 0.868. The molecule has 5 nitrogen and oxygen atoms in total. The molecule has 1 aromatic carbocycles. The van der Waals surface area contributed by atoms with Crippen LogP contribution in [0.2, 0.25) is 0 Å². The number of benzene rings is 1. The Hall–Kier alpha value is -1.85. The van der Waals surface area contributed by atoms with Crippen LogP contribution in [-0.4, -0.2) is 62.4 Å². The molecule has 23 heavy (non-hydrogen) atoms. The van der Waals surface area contributed by atoms with Crippen molar-refractivity contribution in [3.8, 4) is 5.75 Å². The van der Waals surface area contributed by atoms with E-state index in [1.165, 1.54) is 6.42 Å². The molecular formula is C18H23N3O2. The predicted octanol–water partition coefficient (Wildman–Crippen LogP) is 2.15. The monoisotopic (exact) mass is 313 g/mol. The summed E-state index contributed by atoms with van der Waals surface area (Å²) >= 11 is 0. The fraction of sp³-hybridized carbons (Fsp3) is 0.500. The summed E-state index contributed by atoms with van der Waals surface area (Å²) in [4.78, 5) is 9.81. The molecule has 2 aliphatic rings. The number of pyridine rings is 1. The fourth-order valence-electron chi connectivity index (χ4n) is 3.59. The van der Waals surface area contributed by atoms with Gasteiger partial charge in [0.2, 0.25) is 0 Å². The zero-order chi connectivity index (χ0) is 15.6. The first kappa shape index (κ1) is 14.7. The largest absolute Gasteiger partial charge is 0.497 e. The van der Waals surface area contributed by atoms with Gasteiger partial charge in [0.15, 0.2) is 0 Å². The van der Waals surface area contributed by atoms with Crippen molar-refractivity contribution in [3.05, 3.63) is 30.3 Å². The molecule has 122 valence electrons. The van der Waals surface area contributed by atoms with Gasteiger partial charge in [0.05, 0.1) is 25.8 Å². The zero-order valence-corrected chi connectivity index (χ0v) is 13.6. The Morgan fingerprint density at radius 2 is 2.00 bits per heavy atom. The zero-order valence-electron chi connectivity index (χ0n) is 13.6. The molecule has 1 atom stereocenters. The number of aromatic nitrogens is 1. The van der Waals surface area contributed by atoms with Crippen molar-refractivity contribution in [2.24, 2.45) is 0 Å². The van der Waals surface area contributed by atoms with Crippen LogP contribution in [0, 0.1) is 0 Å². The first-order valence-electron chi connectivity index (χ1n) is 8.35. The van der Waals surface area contributed by atoms with Crippen molar-refractivity contribution in [1.29, 1.82) is 0 Å². The molecule has 1 aromatic heterocycles. The summed E-state index contributed by atoms with van der Waals surface area (Å²) in [5.41, 5.74) is 1.03. The molecule has 0 saturated carbocycles. The van der Waals surface area contributed by atoms with Crippen LogP contribution in [0.15, 0.2) is 30.3 Å². The highest BCUT2D eigenvalue weighted by molar-refractivity contribution is 5.81. The number of anilines is 1. The molecule has 3 heterocycles. The van der Waals surface area contributed by atoms with Crippen molar-refractivity contribution in [2.75, 3.05) is 51.4 Å². The van der Waals surface area contributed by atoms with Crippen LogP contribution in [0.1, 0.15) is 6.42 Å². The highest BCUT2D eigenvalue weighted by Gasteiger charge is 2.29. The molecule has 4 rings (SSSR count). The van der Waals surface area contributed by atoms with Crippen molar-refractivity contribution >= 4 is 16.7 Å². The van der Waals surface area contributed by atoms with Gasteiger partial charge in [0.1, 0.15) is 11.6 Å². The van der Waals surface area contributed by atoms with Crippen LogP contribution in [-0.2, 0) is 4.74 Å². The van der Waals surface area contributed by atoms with Crippen LogP contribution >= 0.6 is 0 Å². The number of morpholine rings is 1. The molecule has 0 bridgehead atoms. The predicted molar refractivity (Wildman–Crippen MR) is 91.3 cm³/mol. The Bertz CT molecular complexity index is 685. The smallest absolute Gasteiger partial charge is 0.129 e. The summed E-state index contributed by atoms with van der Waals surface area (Å²) in [7, 11) is 1.69. The number of rotatable bonds is 3. The Morgan fingerprint density at radius 1 is 1.13 bits per heavy atom. The lowest BCUT2D eigenvalue weighted by atomic mass is 10.2. The van der Waals surface area contributed by atoms with Crippen LogP contribution in [0.3, 0.4) is 0 Å². The van der Waals surface area contributed by atoms with Gasteiger partial charge in [-0.25, -0.2) is 4.98 Å². The van der Waals surface area contributed by atoms with Crippen molar-refractivity contribution in [2.45, 2.75) is 12.5 Å². The highest BCUT2D eigenvalue weighted by Crippen LogP contribution is 2.26. The molecule has 0 aliphatic carbocycles. The van der Waals surface area contributed by atoms with Gasteiger partial charge in [0.25, 0.3) is 0 Å². The van der Waals surface area contributed by atoms with Gasteiger partial charge in [-0.1, -0.05) is 0 Å². The second kappa shape index (κ2) is 6.34. The SMILES string of the molecule is COc1ccc2nc(N3CCC(N4CCOCC4)C3)ccc2c1. The number of methoxy groups -OCH3 is 1. The third kappa shape index (κ3) is 2.99. The van der Waals surface area contributed by atoms with E-state index in [0.29, 0.717) is 6.04 Å². The Labute approximate surface area is 136 Å². The van der Waals surface area contributed by atoms with Gasteiger partial charge in [-0.15, -0.1) is 0 Å². The molecule has 2 aliphatic heterocycles. The van der Waals surface area contributed by atoms with Crippen LogP contribution in [0.25, 0.3) is 10.9 Å². The summed E-state index contributed by atoms with van der Waals surface area (Å²) < 4.78 is 10.7. The highest BCUT2D eigenvalue weighted by atomic mass is 16.5. The third-order valence-corrected chi connectivity index (χ3v) is 4.93. The maximum absolute atomic E-state index is 5.46. The maximum atomic E-state index is 5.46. The summed E-state index contributed by atoms with van der Waals surface area (Å²) in [5, 5.41) is 1.12. The molecule has 0 amide bonds. The molecule has 5 heteroatoms. The lowest BCUT2D eigenvalue weighted by molar-refractivity contribution is 0.0209. The standard InChI is InChI=1S/C18H23N3O2/c1-22-16-3-4-17-14(12-16)2-5-18(19-17)21-7-6-15(13-21)20-8-10-23-11-9-20/h2-5,12,15H,6-11,13H2,1H3. The minimum atomic E-state index is 0.632. The topological polar surface area (TPSA) is 37.8 Å². The van der Waals surface area contributed by atoms with Crippen molar-refractivity contribution < 1.29 is 9.47 Å². The Balaban J connectivity index is 1.50. The first-order valence-corrected chi connectivity index (χ1v) is 8.35. The maximum Gasteiger partial charge on any atom is 0.129 e. The molecule has 0 N–H and O–H groups in total. The van der Waals surface area contributed by atoms with Gasteiger partial charge in [0, 0.05) is 37.6 Å². The van der Waals surface area contributed by atoms with E-state index >= 15 is 0 Å². The van der Waals surface area contributed by atoms with Crippen molar-refractivity contribution in [1.82, 2.24) is 9.88 Å². The minimum Gasteiger partial charge on any atom is -0.497 e. The second-order valence-electron chi connectivity index (χ2n) is 6.26. The Morgan fingerprint density at radius 3 is 2.83 bits per heavy atom. The van der Waals surface area contributed by atoms with Crippen LogP contribution < -0.4 is 9.64 Å². The number of hydrogen-bond donors (Lipinski definition) is 0. The van der Waals surface area contributed by atoms with Gasteiger partial charge >= 0.3 is 0 Å². The molecule has 0 radical (unpaired) electrons.